The molecule has 112 valence electrons. The van der Waals surface area contributed by atoms with Crippen molar-refractivity contribution in [1.82, 2.24) is 10.3 Å². The number of esters is 1. The van der Waals surface area contributed by atoms with Gasteiger partial charge >= 0.3 is 5.97 Å². The molecule has 1 atom stereocenters. The van der Waals surface area contributed by atoms with Crippen molar-refractivity contribution in [1.29, 1.82) is 0 Å². The molecule has 0 aliphatic heterocycles. The molecule has 0 aliphatic carbocycles. The molecule has 1 heterocycles. The largest absolute Gasteiger partial charge is 0.469 e. The third-order valence-electron chi connectivity index (χ3n) is 2.48. The van der Waals surface area contributed by atoms with Crippen LogP contribution in [0.25, 0.3) is 0 Å². The lowest BCUT2D eigenvalue weighted by atomic mass is 10.2. The van der Waals surface area contributed by atoms with Gasteiger partial charge in [0.25, 0.3) is 5.91 Å². The van der Waals surface area contributed by atoms with Gasteiger partial charge in [-0.2, -0.15) is 0 Å². The van der Waals surface area contributed by atoms with E-state index < -0.39 is 6.10 Å². The van der Waals surface area contributed by atoms with E-state index in [2.05, 4.69) is 46.9 Å². The van der Waals surface area contributed by atoms with Crippen LogP contribution >= 0.6 is 31.9 Å². The molecule has 0 aliphatic rings. The molecule has 0 aromatic carbocycles. The Morgan fingerprint density at radius 3 is 2.65 bits per heavy atom. The van der Waals surface area contributed by atoms with Crippen molar-refractivity contribution >= 4 is 43.7 Å². The third-order valence-corrected chi connectivity index (χ3v) is 4.27. The summed E-state index contributed by atoms with van der Waals surface area (Å²) in [6.45, 7) is 2.51. The quantitative estimate of drug-likeness (QED) is 0.674. The van der Waals surface area contributed by atoms with Gasteiger partial charge in [-0.25, -0.2) is 0 Å². The van der Waals surface area contributed by atoms with E-state index >= 15 is 0 Å². The van der Waals surface area contributed by atoms with E-state index in [1.807, 2.05) is 6.92 Å². The molecule has 1 rings (SSSR count). The van der Waals surface area contributed by atoms with Gasteiger partial charge in [0, 0.05) is 13.2 Å². The Hall–Kier alpha value is -0.860. The highest BCUT2D eigenvalue weighted by Gasteiger charge is 2.17. The van der Waals surface area contributed by atoms with Crippen molar-refractivity contribution in [2.75, 3.05) is 20.3 Å². The molecule has 6 nitrogen and oxygen atoms in total. The molecular weight excluding hydrogens is 396 g/mol. The van der Waals surface area contributed by atoms with E-state index in [4.69, 9.17) is 4.74 Å². The van der Waals surface area contributed by atoms with Crippen molar-refractivity contribution in [3.63, 3.8) is 0 Å². The number of methoxy groups -OCH3 is 1. The number of aromatic amines is 1. The maximum atomic E-state index is 11.9. The van der Waals surface area contributed by atoms with Crippen molar-refractivity contribution in [2.24, 2.45) is 0 Å². The summed E-state index contributed by atoms with van der Waals surface area (Å²) in [5.74, 6) is -0.644. The lowest BCUT2D eigenvalue weighted by molar-refractivity contribution is -0.143. The van der Waals surface area contributed by atoms with Gasteiger partial charge in [0.1, 0.15) is 5.69 Å². The second kappa shape index (κ2) is 8.43. The summed E-state index contributed by atoms with van der Waals surface area (Å²) in [5, 5.41) is 2.71. The first kappa shape index (κ1) is 17.2. The average Bonchev–Trinajstić information content (AvgIpc) is 2.75. The molecule has 1 aromatic rings. The summed E-state index contributed by atoms with van der Waals surface area (Å²) in [6.07, 6.45) is -0.304. The number of hydrogen-bond donors (Lipinski definition) is 2. The SMILES string of the molecule is CCOC(CNC(=O)c1cc(Br)c(Br)[nH]1)CC(=O)OC. The van der Waals surface area contributed by atoms with Crippen LogP contribution in [0.5, 0.6) is 0 Å². The fourth-order valence-corrected chi connectivity index (χ4v) is 2.18. The zero-order valence-corrected chi connectivity index (χ0v) is 14.3. The van der Waals surface area contributed by atoms with Gasteiger partial charge in [-0.3, -0.25) is 9.59 Å². The molecule has 1 unspecified atom stereocenters. The molecule has 0 fully saturated rings. The molecule has 0 saturated carbocycles. The van der Waals surface area contributed by atoms with Crippen LogP contribution in [0.2, 0.25) is 0 Å². The summed E-state index contributed by atoms with van der Waals surface area (Å²) in [6, 6.07) is 1.66. The van der Waals surface area contributed by atoms with Crippen LogP contribution in [0.3, 0.4) is 0 Å². The van der Waals surface area contributed by atoms with E-state index in [0.29, 0.717) is 16.9 Å². The Bertz CT molecular complexity index is 457. The van der Waals surface area contributed by atoms with Crippen molar-refractivity contribution in [2.45, 2.75) is 19.4 Å². The molecule has 20 heavy (non-hydrogen) atoms. The Morgan fingerprint density at radius 2 is 2.15 bits per heavy atom. The van der Waals surface area contributed by atoms with Gasteiger partial charge in [0.15, 0.2) is 0 Å². The number of ether oxygens (including phenoxy) is 2. The first-order valence-electron chi connectivity index (χ1n) is 5.98. The fraction of sp³-hybridized carbons (Fsp3) is 0.500. The van der Waals surface area contributed by atoms with Crippen LogP contribution in [0.4, 0.5) is 0 Å². The number of halogens is 2. The molecule has 0 saturated heterocycles. The van der Waals surface area contributed by atoms with Gasteiger partial charge < -0.3 is 19.8 Å². The molecule has 0 radical (unpaired) electrons. The Morgan fingerprint density at radius 1 is 1.45 bits per heavy atom. The van der Waals surface area contributed by atoms with E-state index in [1.54, 1.807) is 6.07 Å². The number of hydrogen-bond acceptors (Lipinski definition) is 4. The van der Waals surface area contributed by atoms with E-state index in [1.165, 1.54) is 7.11 Å². The maximum absolute atomic E-state index is 11.9. The first-order valence-corrected chi connectivity index (χ1v) is 7.57. The van der Waals surface area contributed by atoms with Crippen LogP contribution in [0.1, 0.15) is 23.8 Å². The van der Waals surface area contributed by atoms with E-state index in [0.717, 1.165) is 4.47 Å². The highest BCUT2D eigenvalue weighted by atomic mass is 79.9. The van der Waals surface area contributed by atoms with Crippen molar-refractivity contribution in [3.8, 4) is 0 Å². The van der Waals surface area contributed by atoms with Crippen molar-refractivity contribution in [3.05, 3.63) is 20.8 Å². The Labute approximate surface area is 133 Å². The molecule has 2 N–H and O–H groups in total. The zero-order valence-electron chi connectivity index (χ0n) is 11.2. The molecule has 0 bridgehead atoms. The molecule has 0 spiro atoms. The zero-order chi connectivity index (χ0) is 15.1. The lowest BCUT2D eigenvalue weighted by Crippen LogP contribution is -2.35. The lowest BCUT2D eigenvalue weighted by Gasteiger charge is -2.16. The second-order valence-electron chi connectivity index (χ2n) is 3.91. The predicted octanol–water partition coefficient (Wildman–Crippen LogP) is 2.24. The summed E-state index contributed by atoms with van der Waals surface area (Å²) in [7, 11) is 1.32. The molecule has 1 amide bonds. The second-order valence-corrected chi connectivity index (χ2v) is 5.56. The van der Waals surface area contributed by atoms with Gasteiger partial charge in [0.05, 0.1) is 28.7 Å². The van der Waals surface area contributed by atoms with Gasteiger partial charge in [0.2, 0.25) is 0 Å². The Balaban J connectivity index is 2.53. The molecule has 8 heteroatoms. The smallest absolute Gasteiger partial charge is 0.308 e. The van der Waals surface area contributed by atoms with Crippen LogP contribution in [-0.2, 0) is 14.3 Å². The van der Waals surface area contributed by atoms with Gasteiger partial charge in [-0.1, -0.05) is 0 Å². The van der Waals surface area contributed by atoms with Crippen LogP contribution in [0.15, 0.2) is 15.1 Å². The van der Waals surface area contributed by atoms with E-state index in [-0.39, 0.29) is 24.8 Å². The number of rotatable bonds is 7. The maximum Gasteiger partial charge on any atom is 0.308 e. The van der Waals surface area contributed by atoms with Crippen LogP contribution in [0, 0.1) is 0 Å². The topological polar surface area (TPSA) is 80.4 Å². The first-order chi connectivity index (χ1) is 9.47. The highest BCUT2D eigenvalue weighted by molar-refractivity contribution is 9.13. The minimum Gasteiger partial charge on any atom is -0.469 e. The molecular formula is C12H16Br2N2O4. The number of aromatic nitrogens is 1. The van der Waals surface area contributed by atoms with Gasteiger partial charge in [-0.15, -0.1) is 0 Å². The summed E-state index contributed by atoms with van der Waals surface area (Å²) in [5.41, 5.74) is 0.414. The summed E-state index contributed by atoms with van der Waals surface area (Å²) < 4.78 is 11.4. The number of amides is 1. The summed E-state index contributed by atoms with van der Waals surface area (Å²) >= 11 is 6.55. The van der Waals surface area contributed by atoms with Crippen LogP contribution < -0.4 is 5.32 Å². The predicted molar refractivity (Wildman–Crippen MR) is 80.6 cm³/mol. The standard InChI is InChI=1S/C12H16Br2N2O4/c1-3-20-7(4-10(17)19-2)6-15-12(18)9-5-8(13)11(14)16-9/h5,7,16H,3-4,6H2,1-2H3,(H,15,18). The fourth-order valence-electron chi connectivity index (χ4n) is 1.52. The number of H-pyrrole nitrogens is 1. The minimum atomic E-state index is -0.404. The monoisotopic (exact) mass is 410 g/mol. The summed E-state index contributed by atoms with van der Waals surface area (Å²) in [4.78, 5) is 26.0. The number of nitrogens with one attached hydrogen (secondary N) is 2. The number of carbonyl (C=O) groups excluding carboxylic acids is 2. The van der Waals surface area contributed by atoms with Gasteiger partial charge in [-0.05, 0) is 44.8 Å². The van der Waals surface area contributed by atoms with Crippen LogP contribution in [-0.4, -0.2) is 43.2 Å². The Kier molecular flexibility index (Phi) is 7.25. The number of carbonyl (C=O) groups is 2. The minimum absolute atomic E-state index is 0.0999. The third kappa shape index (κ3) is 5.26. The average molecular weight is 412 g/mol. The molecule has 1 aromatic heterocycles. The normalized spacial score (nSPS) is 12.0. The van der Waals surface area contributed by atoms with Crippen molar-refractivity contribution < 1.29 is 19.1 Å². The van der Waals surface area contributed by atoms with E-state index in [9.17, 15) is 9.59 Å². The highest BCUT2D eigenvalue weighted by Crippen LogP contribution is 2.22.